The van der Waals surface area contributed by atoms with Crippen molar-refractivity contribution in [3.8, 4) is 0 Å². The lowest BCUT2D eigenvalue weighted by Crippen LogP contribution is -2.41. The highest BCUT2D eigenvalue weighted by Crippen LogP contribution is 2.13. The Kier molecular flexibility index (Phi) is 6.46. The third-order valence-electron chi connectivity index (χ3n) is 3.36. The predicted molar refractivity (Wildman–Crippen MR) is 67.3 cm³/mol. The minimum Gasteiger partial charge on any atom is -0.356 e. The topological polar surface area (TPSA) is 41.1 Å². The van der Waals surface area contributed by atoms with Gasteiger partial charge in [-0.25, -0.2) is 0 Å². The Morgan fingerprint density at radius 3 is 2.81 bits per heavy atom. The molecule has 1 aliphatic rings. The van der Waals surface area contributed by atoms with Crippen molar-refractivity contribution in [3.63, 3.8) is 0 Å². The summed E-state index contributed by atoms with van der Waals surface area (Å²) in [7, 11) is 0. The fourth-order valence-electron chi connectivity index (χ4n) is 2.11. The molecule has 3 heteroatoms. The first-order valence-electron chi connectivity index (χ1n) is 6.72. The summed E-state index contributed by atoms with van der Waals surface area (Å²) in [4.78, 5) is 11.5. The SMILES string of the molecule is CCCCCC(=O)NCC1CCC(C)NC1. The molecule has 1 fully saturated rings. The molecule has 1 aliphatic heterocycles. The van der Waals surface area contributed by atoms with E-state index in [0.717, 1.165) is 25.9 Å². The highest BCUT2D eigenvalue weighted by Gasteiger charge is 2.17. The van der Waals surface area contributed by atoms with E-state index in [-0.39, 0.29) is 5.91 Å². The van der Waals surface area contributed by atoms with Gasteiger partial charge in [0, 0.05) is 19.0 Å². The van der Waals surface area contributed by atoms with Gasteiger partial charge < -0.3 is 10.6 Å². The number of hydrogen-bond donors (Lipinski definition) is 2. The summed E-state index contributed by atoms with van der Waals surface area (Å²) in [5.74, 6) is 0.860. The number of hydrogen-bond acceptors (Lipinski definition) is 2. The van der Waals surface area contributed by atoms with E-state index >= 15 is 0 Å². The molecule has 0 aromatic carbocycles. The van der Waals surface area contributed by atoms with Gasteiger partial charge >= 0.3 is 0 Å². The Hall–Kier alpha value is -0.570. The second-order valence-electron chi connectivity index (χ2n) is 5.01. The predicted octanol–water partition coefficient (Wildman–Crippen LogP) is 2.07. The molecule has 0 bridgehead atoms. The first-order chi connectivity index (χ1) is 7.72. The van der Waals surface area contributed by atoms with E-state index in [2.05, 4.69) is 24.5 Å². The summed E-state index contributed by atoms with van der Waals surface area (Å²) in [6.45, 7) is 6.29. The normalized spacial score (nSPS) is 25.4. The zero-order valence-corrected chi connectivity index (χ0v) is 10.7. The van der Waals surface area contributed by atoms with Crippen molar-refractivity contribution in [2.75, 3.05) is 13.1 Å². The van der Waals surface area contributed by atoms with E-state index in [0.29, 0.717) is 18.4 Å². The largest absolute Gasteiger partial charge is 0.356 e. The average molecular weight is 226 g/mol. The van der Waals surface area contributed by atoms with Crippen LogP contribution in [0.2, 0.25) is 0 Å². The number of amides is 1. The summed E-state index contributed by atoms with van der Waals surface area (Å²) < 4.78 is 0. The molecule has 1 saturated heterocycles. The van der Waals surface area contributed by atoms with E-state index in [1.54, 1.807) is 0 Å². The molecule has 1 amide bonds. The fourth-order valence-corrected chi connectivity index (χ4v) is 2.11. The van der Waals surface area contributed by atoms with Gasteiger partial charge in [0.1, 0.15) is 0 Å². The van der Waals surface area contributed by atoms with Crippen LogP contribution < -0.4 is 10.6 Å². The van der Waals surface area contributed by atoms with Crippen LogP contribution in [0.15, 0.2) is 0 Å². The van der Waals surface area contributed by atoms with Crippen molar-refractivity contribution in [1.29, 1.82) is 0 Å². The number of unbranched alkanes of at least 4 members (excludes halogenated alkanes) is 2. The van der Waals surface area contributed by atoms with E-state index in [9.17, 15) is 4.79 Å². The Morgan fingerprint density at radius 1 is 1.38 bits per heavy atom. The molecule has 0 aliphatic carbocycles. The lowest BCUT2D eigenvalue weighted by molar-refractivity contribution is -0.121. The van der Waals surface area contributed by atoms with Crippen LogP contribution in [0.5, 0.6) is 0 Å². The summed E-state index contributed by atoms with van der Waals surface area (Å²) in [5.41, 5.74) is 0. The van der Waals surface area contributed by atoms with Crippen molar-refractivity contribution in [2.24, 2.45) is 5.92 Å². The molecule has 0 spiro atoms. The van der Waals surface area contributed by atoms with E-state index in [1.807, 2.05) is 0 Å². The van der Waals surface area contributed by atoms with E-state index < -0.39 is 0 Å². The van der Waals surface area contributed by atoms with Gasteiger partial charge in [0.15, 0.2) is 0 Å². The number of nitrogens with one attached hydrogen (secondary N) is 2. The summed E-state index contributed by atoms with van der Waals surface area (Å²) >= 11 is 0. The Morgan fingerprint density at radius 2 is 2.19 bits per heavy atom. The van der Waals surface area contributed by atoms with Gasteiger partial charge in [-0.15, -0.1) is 0 Å². The van der Waals surface area contributed by atoms with Crippen molar-refractivity contribution >= 4 is 5.91 Å². The molecule has 2 atom stereocenters. The number of carbonyl (C=O) groups excluding carboxylic acids is 1. The molecular formula is C13H26N2O. The summed E-state index contributed by atoms with van der Waals surface area (Å²) in [5, 5.41) is 6.50. The van der Waals surface area contributed by atoms with Crippen LogP contribution in [0.25, 0.3) is 0 Å². The second-order valence-corrected chi connectivity index (χ2v) is 5.01. The maximum absolute atomic E-state index is 11.5. The van der Waals surface area contributed by atoms with Gasteiger partial charge in [-0.05, 0) is 38.6 Å². The van der Waals surface area contributed by atoms with Crippen molar-refractivity contribution in [3.05, 3.63) is 0 Å². The van der Waals surface area contributed by atoms with Gasteiger partial charge in [-0.1, -0.05) is 19.8 Å². The third kappa shape index (κ3) is 5.50. The maximum atomic E-state index is 11.5. The zero-order chi connectivity index (χ0) is 11.8. The van der Waals surface area contributed by atoms with Gasteiger partial charge in [-0.3, -0.25) is 4.79 Å². The van der Waals surface area contributed by atoms with Gasteiger partial charge in [-0.2, -0.15) is 0 Å². The highest BCUT2D eigenvalue weighted by molar-refractivity contribution is 5.75. The minimum absolute atomic E-state index is 0.229. The average Bonchev–Trinajstić information content (AvgIpc) is 2.29. The van der Waals surface area contributed by atoms with Crippen LogP contribution >= 0.6 is 0 Å². The Balaban J connectivity index is 2.03. The van der Waals surface area contributed by atoms with Crippen LogP contribution in [0.3, 0.4) is 0 Å². The molecule has 2 unspecified atom stereocenters. The third-order valence-corrected chi connectivity index (χ3v) is 3.36. The molecule has 0 radical (unpaired) electrons. The van der Waals surface area contributed by atoms with E-state index in [4.69, 9.17) is 0 Å². The zero-order valence-electron chi connectivity index (χ0n) is 10.7. The molecule has 1 heterocycles. The molecule has 2 N–H and O–H groups in total. The monoisotopic (exact) mass is 226 g/mol. The van der Waals surface area contributed by atoms with Crippen molar-refractivity contribution in [1.82, 2.24) is 10.6 Å². The lowest BCUT2D eigenvalue weighted by atomic mass is 9.95. The van der Waals surface area contributed by atoms with Crippen molar-refractivity contribution in [2.45, 2.75) is 58.4 Å². The smallest absolute Gasteiger partial charge is 0.220 e. The number of carbonyl (C=O) groups is 1. The highest BCUT2D eigenvalue weighted by atomic mass is 16.1. The van der Waals surface area contributed by atoms with Crippen LogP contribution in [0.4, 0.5) is 0 Å². The molecule has 0 saturated carbocycles. The maximum Gasteiger partial charge on any atom is 0.220 e. The van der Waals surface area contributed by atoms with Crippen LogP contribution in [-0.4, -0.2) is 25.0 Å². The fraction of sp³-hybridized carbons (Fsp3) is 0.923. The molecule has 16 heavy (non-hydrogen) atoms. The second kappa shape index (κ2) is 7.66. The standard InChI is InChI=1S/C13H26N2O/c1-3-4-5-6-13(16)15-10-12-8-7-11(2)14-9-12/h11-12,14H,3-10H2,1-2H3,(H,15,16). The minimum atomic E-state index is 0.229. The molecule has 94 valence electrons. The number of rotatable bonds is 6. The van der Waals surface area contributed by atoms with Crippen molar-refractivity contribution < 1.29 is 4.79 Å². The molecule has 1 rings (SSSR count). The summed E-state index contributed by atoms with van der Waals surface area (Å²) in [6, 6.07) is 0.650. The molecule has 0 aromatic heterocycles. The Bertz CT molecular complexity index is 198. The van der Waals surface area contributed by atoms with Crippen LogP contribution in [0, 0.1) is 5.92 Å². The quantitative estimate of drug-likeness (QED) is 0.681. The number of piperidine rings is 1. The molecule has 0 aromatic rings. The van der Waals surface area contributed by atoms with Gasteiger partial charge in [0.25, 0.3) is 0 Å². The van der Waals surface area contributed by atoms with E-state index in [1.165, 1.54) is 19.3 Å². The van der Waals surface area contributed by atoms with Gasteiger partial charge in [0.05, 0.1) is 0 Å². The lowest BCUT2D eigenvalue weighted by Gasteiger charge is -2.27. The Labute approximate surface area is 99.4 Å². The van der Waals surface area contributed by atoms with Crippen LogP contribution in [0.1, 0.15) is 52.4 Å². The van der Waals surface area contributed by atoms with Crippen LogP contribution in [-0.2, 0) is 4.79 Å². The van der Waals surface area contributed by atoms with Gasteiger partial charge in [0.2, 0.25) is 5.91 Å². The first kappa shape index (κ1) is 13.5. The molecule has 3 nitrogen and oxygen atoms in total. The summed E-state index contributed by atoms with van der Waals surface area (Å²) in [6.07, 6.45) is 6.54. The first-order valence-corrected chi connectivity index (χ1v) is 6.72. The molecular weight excluding hydrogens is 200 g/mol.